The zero-order valence-electron chi connectivity index (χ0n) is 16.8. The number of hydrogen-bond acceptors (Lipinski definition) is 7. The molecule has 1 aliphatic rings. The van der Waals surface area contributed by atoms with Crippen LogP contribution < -0.4 is 15.4 Å². The molecule has 8 nitrogen and oxygen atoms in total. The van der Waals surface area contributed by atoms with Crippen LogP contribution in [0.15, 0.2) is 65.6 Å². The molecule has 3 N–H and O–H groups in total. The molecule has 3 aromatic carbocycles. The van der Waals surface area contributed by atoms with Gasteiger partial charge in [-0.2, -0.15) is 15.0 Å². The molecule has 0 aliphatic carbocycles. The second-order valence-electron chi connectivity index (χ2n) is 7.21. The standard InChI is InChI=1S/C22H20N6O2S/c1-2-14-7-3-4-10-16(14)24-22-26-19(25-21(23)27-22)13-28-17-11-5-8-15-9-6-12-18(20(15)17)31(28,29)30/h3-12H,2,13H2,1H3,(H3,23,24,25,26,27). The summed E-state index contributed by atoms with van der Waals surface area (Å²) < 4.78 is 27.8. The molecular weight excluding hydrogens is 412 g/mol. The third kappa shape index (κ3) is 3.23. The van der Waals surface area contributed by atoms with E-state index in [4.69, 9.17) is 5.73 Å². The Balaban J connectivity index is 1.52. The first kappa shape index (κ1) is 19.3. The van der Waals surface area contributed by atoms with Gasteiger partial charge in [-0.1, -0.05) is 49.4 Å². The van der Waals surface area contributed by atoms with Crippen LogP contribution in [-0.2, 0) is 23.0 Å². The van der Waals surface area contributed by atoms with Crippen LogP contribution in [-0.4, -0.2) is 23.4 Å². The highest BCUT2D eigenvalue weighted by molar-refractivity contribution is 7.93. The first-order chi connectivity index (χ1) is 15.0. The molecule has 1 aliphatic heterocycles. The van der Waals surface area contributed by atoms with Crippen molar-refractivity contribution in [1.29, 1.82) is 0 Å². The number of aromatic nitrogens is 3. The van der Waals surface area contributed by atoms with E-state index in [1.165, 1.54) is 4.31 Å². The van der Waals surface area contributed by atoms with Crippen molar-refractivity contribution in [3.05, 3.63) is 72.1 Å². The lowest BCUT2D eigenvalue weighted by Crippen LogP contribution is -2.28. The summed E-state index contributed by atoms with van der Waals surface area (Å²) >= 11 is 0. The number of hydrogen-bond donors (Lipinski definition) is 2. The number of sulfonamides is 1. The average molecular weight is 433 g/mol. The molecule has 0 unspecified atom stereocenters. The quantitative estimate of drug-likeness (QED) is 0.495. The summed E-state index contributed by atoms with van der Waals surface area (Å²) in [6, 6.07) is 18.6. The van der Waals surface area contributed by atoms with Crippen LogP contribution in [0.1, 0.15) is 18.3 Å². The summed E-state index contributed by atoms with van der Waals surface area (Å²) in [7, 11) is -3.72. The Morgan fingerprint density at radius 3 is 2.55 bits per heavy atom. The van der Waals surface area contributed by atoms with Gasteiger partial charge in [-0.25, -0.2) is 8.42 Å². The van der Waals surface area contributed by atoms with Gasteiger partial charge in [0.05, 0.1) is 17.1 Å². The fourth-order valence-electron chi connectivity index (χ4n) is 3.89. The molecule has 0 radical (unpaired) electrons. The Hall–Kier alpha value is -3.72. The summed E-state index contributed by atoms with van der Waals surface area (Å²) in [5, 5.41) is 4.76. The van der Waals surface area contributed by atoms with Gasteiger partial charge in [0.25, 0.3) is 10.0 Å². The van der Waals surface area contributed by atoms with Crippen LogP contribution >= 0.6 is 0 Å². The minimum Gasteiger partial charge on any atom is -0.368 e. The van der Waals surface area contributed by atoms with E-state index in [1.807, 2.05) is 42.5 Å². The van der Waals surface area contributed by atoms with Gasteiger partial charge < -0.3 is 11.1 Å². The van der Waals surface area contributed by atoms with E-state index in [0.29, 0.717) is 11.1 Å². The van der Waals surface area contributed by atoms with Crippen molar-refractivity contribution >= 4 is 44.1 Å². The highest BCUT2D eigenvalue weighted by Gasteiger charge is 2.36. The smallest absolute Gasteiger partial charge is 0.265 e. The van der Waals surface area contributed by atoms with E-state index < -0.39 is 10.0 Å². The number of rotatable bonds is 5. The Morgan fingerprint density at radius 2 is 1.74 bits per heavy atom. The highest BCUT2D eigenvalue weighted by atomic mass is 32.2. The van der Waals surface area contributed by atoms with Crippen LogP contribution in [0.5, 0.6) is 0 Å². The van der Waals surface area contributed by atoms with Gasteiger partial charge in [0, 0.05) is 11.1 Å². The molecule has 2 heterocycles. The van der Waals surface area contributed by atoms with Crippen molar-refractivity contribution in [2.45, 2.75) is 24.8 Å². The lowest BCUT2D eigenvalue weighted by atomic mass is 10.1. The first-order valence-electron chi connectivity index (χ1n) is 9.87. The first-order valence-corrected chi connectivity index (χ1v) is 11.3. The number of para-hydroxylation sites is 1. The Morgan fingerprint density at radius 1 is 0.968 bits per heavy atom. The fraction of sp³-hybridized carbons (Fsp3) is 0.136. The second kappa shape index (κ2) is 7.21. The molecule has 31 heavy (non-hydrogen) atoms. The zero-order chi connectivity index (χ0) is 21.6. The third-order valence-corrected chi connectivity index (χ3v) is 7.11. The molecule has 9 heteroatoms. The Labute approximate surface area is 179 Å². The van der Waals surface area contributed by atoms with Crippen LogP contribution in [0.3, 0.4) is 0 Å². The monoisotopic (exact) mass is 432 g/mol. The maximum absolute atomic E-state index is 13.2. The van der Waals surface area contributed by atoms with E-state index in [1.54, 1.807) is 18.2 Å². The largest absolute Gasteiger partial charge is 0.368 e. The predicted molar refractivity (Wildman–Crippen MR) is 121 cm³/mol. The van der Waals surface area contributed by atoms with Gasteiger partial charge >= 0.3 is 0 Å². The molecule has 0 saturated heterocycles. The summed E-state index contributed by atoms with van der Waals surface area (Å²) in [6.45, 7) is 2.01. The minimum atomic E-state index is -3.72. The number of nitrogens with one attached hydrogen (secondary N) is 1. The van der Waals surface area contributed by atoms with Gasteiger partial charge in [-0.3, -0.25) is 4.31 Å². The van der Waals surface area contributed by atoms with Gasteiger partial charge in [-0.05, 0) is 35.6 Å². The summed E-state index contributed by atoms with van der Waals surface area (Å²) in [5.74, 6) is 0.557. The lowest BCUT2D eigenvalue weighted by Gasteiger charge is -2.18. The maximum Gasteiger partial charge on any atom is 0.265 e. The van der Waals surface area contributed by atoms with Gasteiger partial charge in [0.2, 0.25) is 11.9 Å². The van der Waals surface area contributed by atoms with Crippen LogP contribution in [0.25, 0.3) is 10.8 Å². The van der Waals surface area contributed by atoms with Crippen molar-refractivity contribution in [2.24, 2.45) is 0 Å². The number of aryl methyl sites for hydroxylation is 1. The van der Waals surface area contributed by atoms with E-state index in [-0.39, 0.29) is 29.2 Å². The number of nitrogens with zero attached hydrogens (tertiary/aromatic N) is 4. The van der Waals surface area contributed by atoms with Crippen LogP contribution in [0.2, 0.25) is 0 Å². The zero-order valence-corrected chi connectivity index (χ0v) is 17.6. The number of benzene rings is 3. The van der Waals surface area contributed by atoms with E-state index in [2.05, 4.69) is 27.2 Å². The highest BCUT2D eigenvalue weighted by Crippen LogP contribution is 2.42. The minimum absolute atomic E-state index is 0.0220. The summed E-state index contributed by atoms with van der Waals surface area (Å²) in [5.41, 5.74) is 8.50. The topological polar surface area (TPSA) is 114 Å². The normalized spacial score (nSPS) is 14.2. The fourth-order valence-corrected chi connectivity index (χ4v) is 5.56. The van der Waals surface area contributed by atoms with Crippen molar-refractivity contribution in [1.82, 2.24) is 15.0 Å². The average Bonchev–Trinajstić information content (AvgIpc) is 2.97. The van der Waals surface area contributed by atoms with Crippen molar-refractivity contribution in [3.63, 3.8) is 0 Å². The molecule has 0 amide bonds. The number of nitrogen functional groups attached to an aromatic ring is 1. The van der Waals surface area contributed by atoms with Crippen molar-refractivity contribution in [2.75, 3.05) is 15.4 Å². The molecule has 0 saturated carbocycles. The number of anilines is 4. The van der Waals surface area contributed by atoms with E-state index >= 15 is 0 Å². The SMILES string of the molecule is CCc1ccccc1Nc1nc(N)nc(CN2c3cccc4cccc(c34)S2(=O)=O)n1. The van der Waals surface area contributed by atoms with Gasteiger partial charge in [0.15, 0.2) is 5.82 Å². The third-order valence-electron chi connectivity index (χ3n) is 5.31. The van der Waals surface area contributed by atoms with E-state index in [9.17, 15) is 8.42 Å². The van der Waals surface area contributed by atoms with Gasteiger partial charge in [-0.15, -0.1) is 0 Å². The van der Waals surface area contributed by atoms with E-state index in [0.717, 1.165) is 23.1 Å². The molecule has 1 aromatic heterocycles. The molecule has 5 rings (SSSR count). The predicted octanol–water partition coefficient (Wildman–Crippen LogP) is 3.62. The lowest BCUT2D eigenvalue weighted by molar-refractivity contribution is 0.592. The van der Waals surface area contributed by atoms with Crippen molar-refractivity contribution in [3.8, 4) is 0 Å². The van der Waals surface area contributed by atoms with Gasteiger partial charge in [0.1, 0.15) is 0 Å². The van der Waals surface area contributed by atoms with Crippen LogP contribution in [0, 0.1) is 0 Å². The summed E-state index contributed by atoms with van der Waals surface area (Å²) in [6.07, 6.45) is 0.838. The molecule has 0 spiro atoms. The molecule has 0 fully saturated rings. The summed E-state index contributed by atoms with van der Waals surface area (Å²) in [4.78, 5) is 13.1. The Kier molecular flexibility index (Phi) is 4.48. The van der Waals surface area contributed by atoms with Crippen LogP contribution in [0.4, 0.5) is 23.3 Å². The Bertz CT molecular complexity index is 1420. The maximum atomic E-state index is 13.2. The molecule has 4 aromatic rings. The second-order valence-corrected chi connectivity index (χ2v) is 9.04. The molecule has 156 valence electrons. The molecular formula is C22H20N6O2S. The molecule has 0 bridgehead atoms. The van der Waals surface area contributed by atoms with Crippen molar-refractivity contribution < 1.29 is 8.42 Å². The number of nitrogens with two attached hydrogens (primary N) is 1. The molecule has 0 atom stereocenters.